The highest BCUT2D eigenvalue weighted by Crippen LogP contribution is 2.15. The molecule has 0 saturated carbocycles. The number of carbonyl (C=O) groups is 2. The van der Waals surface area contributed by atoms with Gasteiger partial charge in [-0.15, -0.1) is 0 Å². The summed E-state index contributed by atoms with van der Waals surface area (Å²) in [5, 5.41) is 21.9. The Morgan fingerprint density at radius 1 is 1.28 bits per heavy atom. The third-order valence-corrected chi connectivity index (χ3v) is 2.01. The summed E-state index contributed by atoms with van der Waals surface area (Å²) in [6, 6.07) is 4.65. The summed E-state index contributed by atoms with van der Waals surface area (Å²) in [5.74, 6) is -2.95. The summed E-state index contributed by atoms with van der Waals surface area (Å²) >= 11 is 0. The van der Waals surface area contributed by atoms with Crippen molar-refractivity contribution in [3.8, 4) is 0 Å². The molecule has 0 aliphatic rings. The van der Waals surface area contributed by atoms with Gasteiger partial charge >= 0.3 is 5.97 Å². The van der Waals surface area contributed by atoms with Crippen molar-refractivity contribution in [2.24, 2.45) is 0 Å². The lowest BCUT2D eigenvalue weighted by atomic mass is 10.1. The van der Waals surface area contributed by atoms with Crippen LogP contribution in [0.2, 0.25) is 0 Å². The first-order chi connectivity index (χ1) is 8.45. The molecule has 0 fully saturated rings. The summed E-state index contributed by atoms with van der Waals surface area (Å²) in [7, 11) is 1.02. The van der Waals surface area contributed by atoms with Crippen LogP contribution in [0.3, 0.4) is 0 Å². The molecule has 1 aromatic rings. The largest absolute Gasteiger partial charge is 0.872 e. The van der Waals surface area contributed by atoms with Crippen LogP contribution in [0.15, 0.2) is 30.3 Å². The molecule has 0 saturated heterocycles. The van der Waals surface area contributed by atoms with Crippen molar-refractivity contribution >= 4 is 23.2 Å². The third-order valence-electron chi connectivity index (χ3n) is 2.01. The van der Waals surface area contributed by atoms with Gasteiger partial charge in [0.25, 0.3) is 11.5 Å². The standard InChI is InChI=1S/C11H9NO6/c1-18-11(15)10(14)6-9(13)7-2-4-8(5-3-7)12(16)17/h2-6,13H,1H3/p-1/b9-6-. The minimum Gasteiger partial charge on any atom is -0.872 e. The van der Waals surface area contributed by atoms with E-state index in [0.717, 1.165) is 19.2 Å². The number of hydrogen-bond acceptors (Lipinski definition) is 6. The zero-order valence-corrected chi connectivity index (χ0v) is 9.28. The lowest BCUT2D eigenvalue weighted by molar-refractivity contribution is -0.384. The number of nitro groups is 1. The molecule has 0 atom stereocenters. The number of ketones is 1. The van der Waals surface area contributed by atoms with E-state index >= 15 is 0 Å². The van der Waals surface area contributed by atoms with Crippen LogP contribution in [0, 0.1) is 10.1 Å². The molecule has 0 N–H and O–H groups in total. The average Bonchev–Trinajstić information content (AvgIpc) is 2.37. The van der Waals surface area contributed by atoms with E-state index in [1.165, 1.54) is 12.1 Å². The number of ether oxygens (including phenoxy) is 1. The Kier molecular flexibility index (Phi) is 4.14. The van der Waals surface area contributed by atoms with Gasteiger partial charge in [-0.05, 0) is 23.8 Å². The van der Waals surface area contributed by atoms with Gasteiger partial charge in [-0.2, -0.15) is 0 Å². The monoisotopic (exact) mass is 250 g/mol. The first-order valence-electron chi connectivity index (χ1n) is 4.71. The molecule has 0 unspecified atom stereocenters. The summed E-state index contributed by atoms with van der Waals surface area (Å²) < 4.78 is 4.14. The van der Waals surface area contributed by atoms with E-state index < -0.39 is 22.4 Å². The SMILES string of the molecule is COC(=O)C(=O)/C=C(\[O-])c1ccc([N+](=O)[O-])cc1. The lowest BCUT2D eigenvalue weighted by Crippen LogP contribution is -2.15. The molecule has 18 heavy (non-hydrogen) atoms. The topological polar surface area (TPSA) is 110 Å². The first-order valence-corrected chi connectivity index (χ1v) is 4.71. The van der Waals surface area contributed by atoms with Crippen LogP contribution < -0.4 is 5.11 Å². The van der Waals surface area contributed by atoms with Gasteiger partial charge in [0.1, 0.15) is 0 Å². The van der Waals surface area contributed by atoms with E-state index in [1.54, 1.807) is 0 Å². The van der Waals surface area contributed by atoms with Crippen molar-refractivity contribution in [2.75, 3.05) is 7.11 Å². The van der Waals surface area contributed by atoms with Gasteiger partial charge in [-0.25, -0.2) is 4.79 Å². The first kappa shape index (κ1) is 13.4. The van der Waals surface area contributed by atoms with Gasteiger partial charge in [0.05, 0.1) is 12.0 Å². The molecule has 0 bridgehead atoms. The number of hydrogen-bond donors (Lipinski definition) is 0. The van der Waals surface area contributed by atoms with Crippen molar-refractivity contribution in [2.45, 2.75) is 0 Å². The molecule has 1 rings (SSSR count). The molecule has 0 aliphatic heterocycles. The molecule has 0 radical (unpaired) electrons. The van der Waals surface area contributed by atoms with E-state index in [2.05, 4.69) is 4.74 Å². The second kappa shape index (κ2) is 5.58. The molecule has 7 nitrogen and oxygen atoms in total. The number of esters is 1. The molecule has 0 aliphatic carbocycles. The van der Waals surface area contributed by atoms with E-state index in [-0.39, 0.29) is 11.3 Å². The second-order valence-electron chi connectivity index (χ2n) is 3.17. The number of carbonyl (C=O) groups excluding carboxylic acids is 2. The number of non-ortho nitro benzene ring substituents is 1. The third kappa shape index (κ3) is 3.14. The number of nitrogens with zero attached hydrogens (tertiary/aromatic N) is 1. The fourth-order valence-electron chi connectivity index (χ4n) is 1.11. The molecule has 0 amide bonds. The van der Waals surface area contributed by atoms with Crippen LogP contribution >= 0.6 is 0 Å². The number of rotatable bonds is 4. The van der Waals surface area contributed by atoms with Crippen LogP contribution in [0.25, 0.3) is 5.76 Å². The van der Waals surface area contributed by atoms with Crippen LogP contribution in [-0.2, 0) is 14.3 Å². The fraction of sp³-hybridized carbons (Fsp3) is 0.0909. The predicted octanol–water partition coefficient (Wildman–Crippen LogP) is 0.0381. The highest BCUT2D eigenvalue weighted by atomic mass is 16.6. The van der Waals surface area contributed by atoms with Crippen molar-refractivity contribution in [1.82, 2.24) is 0 Å². The Morgan fingerprint density at radius 3 is 2.28 bits per heavy atom. The predicted molar refractivity (Wildman–Crippen MR) is 58.1 cm³/mol. The summed E-state index contributed by atoms with van der Waals surface area (Å²) in [4.78, 5) is 31.6. The minimum atomic E-state index is -1.15. The number of nitro benzene ring substituents is 1. The van der Waals surface area contributed by atoms with Crippen molar-refractivity contribution < 1.29 is 24.4 Å². The summed E-state index contributed by atoms with van der Waals surface area (Å²) in [5.41, 5.74) is -0.108. The smallest absolute Gasteiger partial charge is 0.378 e. The maximum Gasteiger partial charge on any atom is 0.378 e. The maximum absolute atomic E-state index is 11.5. The van der Waals surface area contributed by atoms with Crippen LogP contribution in [0.1, 0.15) is 5.56 Å². The van der Waals surface area contributed by atoms with Crippen molar-refractivity contribution in [3.63, 3.8) is 0 Å². The van der Waals surface area contributed by atoms with Gasteiger partial charge < -0.3 is 9.84 Å². The van der Waals surface area contributed by atoms with E-state index in [0.29, 0.717) is 6.08 Å². The van der Waals surface area contributed by atoms with Crippen LogP contribution in [-0.4, -0.2) is 23.8 Å². The van der Waals surface area contributed by atoms with Gasteiger partial charge in [-0.1, -0.05) is 5.76 Å². The Hall–Kier alpha value is -2.70. The van der Waals surface area contributed by atoms with E-state index in [1.807, 2.05) is 0 Å². The van der Waals surface area contributed by atoms with E-state index in [9.17, 15) is 24.8 Å². The summed E-state index contributed by atoms with van der Waals surface area (Å²) in [6.45, 7) is 0. The van der Waals surface area contributed by atoms with Gasteiger partial charge in [0.2, 0.25) is 0 Å². The molecule has 0 spiro atoms. The molecule has 1 aromatic carbocycles. The van der Waals surface area contributed by atoms with Gasteiger partial charge in [0.15, 0.2) is 0 Å². The van der Waals surface area contributed by atoms with Gasteiger partial charge in [-0.3, -0.25) is 14.9 Å². The molecule has 7 heteroatoms. The molecule has 94 valence electrons. The highest BCUT2D eigenvalue weighted by Gasteiger charge is 2.10. The Bertz CT molecular complexity index is 517. The highest BCUT2D eigenvalue weighted by molar-refractivity contribution is 6.39. The summed E-state index contributed by atoms with van der Waals surface area (Å²) in [6.07, 6.45) is 0.576. The lowest BCUT2D eigenvalue weighted by Gasteiger charge is -2.10. The Morgan fingerprint density at radius 2 is 1.83 bits per heavy atom. The zero-order valence-electron chi connectivity index (χ0n) is 9.28. The second-order valence-corrected chi connectivity index (χ2v) is 3.17. The van der Waals surface area contributed by atoms with Crippen LogP contribution in [0.4, 0.5) is 5.69 Å². The number of methoxy groups -OCH3 is 1. The number of benzene rings is 1. The minimum absolute atomic E-state index is 0.0675. The zero-order chi connectivity index (χ0) is 13.7. The maximum atomic E-state index is 11.5. The van der Waals surface area contributed by atoms with E-state index in [4.69, 9.17) is 0 Å². The molecular formula is C11H8NO6-. The normalized spacial score (nSPS) is 10.8. The fourth-order valence-corrected chi connectivity index (χ4v) is 1.11. The Labute approximate surface area is 101 Å². The van der Waals surface area contributed by atoms with Crippen molar-refractivity contribution in [3.05, 3.63) is 46.0 Å². The average molecular weight is 250 g/mol. The van der Waals surface area contributed by atoms with Crippen molar-refractivity contribution in [1.29, 1.82) is 0 Å². The van der Waals surface area contributed by atoms with Crippen LogP contribution in [0.5, 0.6) is 0 Å². The van der Waals surface area contributed by atoms with Gasteiger partial charge in [0, 0.05) is 12.1 Å². The Balaban J connectivity index is 2.93. The molecule has 0 heterocycles. The molecular weight excluding hydrogens is 242 g/mol. The quantitative estimate of drug-likeness (QED) is 0.186. The molecule has 0 aromatic heterocycles.